The van der Waals surface area contributed by atoms with E-state index in [-0.39, 0.29) is 5.78 Å². The lowest BCUT2D eigenvalue weighted by Gasteiger charge is -2.00. The minimum atomic E-state index is 0.0133. The molecule has 0 unspecified atom stereocenters. The Hall–Kier alpha value is -2.57. The number of carbonyl (C=O) groups excluding carboxylic acids is 1. The lowest BCUT2D eigenvalue weighted by atomic mass is 10.1. The predicted molar refractivity (Wildman–Crippen MR) is 99.6 cm³/mol. The highest BCUT2D eigenvalue weighted by molar-refractivity contribution is 7.21. The molecule has 4 aromatic heterocycles. The number of aromatic nitrogens is 2. The summed E-state index contributed by atoms with van der Waals surface area (Å²) in [5.41, 5.74) is 8.57. The van der Waals surface area contributed by atoms with Gasteiger partial charge in [0.05, 0.1) is 21.1 Å². The van der Waals surface area contributed by atoms with Crippen LogP contribution < -0.4 is 5.73 Å². The summed E-state index contributed by atoms with van der Waals surface area (Å²) in [4.78, 5) is 23.7. The fourth-order valence-corrected chi connectivity index (χ4v) is 4.26. The summed E-state index contributed by atoms with van der Waals surface area (Å²) in [6.45, 7) is 0. The molecule has 0 radical (unpaired) electrons. The number of rotatable bonds is 4. The number of pyridine rings is 2. The molecule has 6 heteroatoms. The van der Waals surface area contributed by atoms with Gasteiger partial charge in [0.1, 0.15) is 4.83 Å². The maximum atomic E-state index is 12.6. The minimum absolute atomic E-state index is 0.0133. The van der Waals surface area contributed by atoms with Gasteiger partial charge in [0, 0.05) is 24.2 Å². The van der Waals surface area contributed by atoms with Crippen LogP contribution in [0.4, 0.5) is 5.69 Å². The molecule has 4 nitrogen and oxygen atoms in total. The van der Waals surface area contributed by atoms with Gasteiger partial charge in [-0.05, 0) is 41.3 Å². The molecule has 4 aromatic rings. The fourth-order valence-electron chi connectivity index (χ4n) is 2.53. The Bertz CT molecular complexity index is 1010. The van der Waals surface area contributed by atoms with E-state index in [0.717, 1.165) is 26.4 Å². The average Bonchev–Trinajstić information content (AvgIpc) is 3.24. The van der Waals surface area contributed by atoms with Gasteiger partial charge in [-0.15, -0.1) is 22.7 Å². The molecule has 118 valence electrons. The van der Waals surface area contributed by atoms with Gasteiger partial charge in [-0.25, -0.2) is 4.98 Å². The molecule has 24 heavy (non-hydrogen) atoms. The largest absolute Gasteiger partial charge is 0.397 e. The molecule has 0 spiro atoms. The van der Waals surface area contributed by atoms with Crippen molar-refractivity contribution in [2.45, 2.75) is 6.42 Å². The van der Waals surface area contributed by atoms with Crippen LogP contribution in [-0.2, 0) is 6.42 Å². The Morgan fingerprint density at radius 2 is 1.96 bits per heavy atom. The summed E-state index contributed by atoms with van der Waals surface area (Å²) in [7, 11) is 0. The van der Waals surface area contributed by atoms with Crippen LogP contribution in [0, 0.1) is 0 Å². The van der Waals surface area contributed by atoms with E-state index in [9.17, 15) is 4.79 Å². The molecular weight excluding hydrogens is 338 g/mol. The van der Waals surface area contributed by atoms with Crippen LogP contribution >= 0.6 is 22.7 Å². The molecule has 0 amide bonds. The molecule has 0 aromatic carbocycles. The third-order valence-electron chi connectivity index (χ3n) is 3.73. The Morgan fingerprint density at radius 1 is 1.12 bits per heavy atom. The lowest BCUT2D eigenvalue weighted by molar-refractivity contribution is 0.0997. The second kappa shape index (κ2) is 6.14. The van der Waals surface area contributed by atoms with Crippen LogP contribution in [0.15, 0.2) is 54.2 Å². The van der Waals surface area contributed by atoms with Gasteiger partial charge in [-0.2, -0.15) is 0 Å². The second-order valence-corrected chi connectivity index (χ2v) is 7.27. The van der Waals surface area contributed by atoms with E-state index in [1.807, 2.05) is 41.8 Å². The van der Waals surface area contributed by atoms with Crippen LogP contribution in [0.5, 0.6) is 0 Å². The summed E-state index contributed by atoms with van der Waals surface area (Å²) in [5, 5.41) is 2.87. The van der Waals surface area contributed by atoms with Crippen molar-refractivity contribution in [3.8, 4) is 10.6 Å². The van der Waals surface area contributed by atoms with Crippen molar-refractivity contribution in [2.24, 2.45) is 0 Å². The van der Waals surface area contributed by atoms with Gasteiger partial charge in [-0.3, -0.25) is 9.78 Å². The van der Waals surface area contributed by atoms with Gasteiger partial charge < -0.3 is 5.73 Å². The number of Topliss-reactive ketones (excluding diaryl/α,β-unsaturated/α-hetero) is 1. The number of hydrogen-bond donors (Lipinski definition) is 1. The van der Waals surface area contributed by atoms with Crippen molar-refractivity contribution in [3.63, 3.8) is 0 Å². The molecule has 2 N–H and O–H groups in total. The number of nitrogens with two attached hydrogens (primary N) is 1. The standard InChI is InChI=1S/C18H13N3OS2/c19-16-12-3-4-13(15-2-1-9-23-15)21-18(12)24-17(16)14(22)10-11-5-7-20-8-6-11/h1-9H,10,19H2. The van der Waals surface area contributed by atoms with Gasteiger partial charge in [0.2, 0.25) is 0 Å². The highest BCUT2D eigenvalue weighted by Gasteiger charge is 2.18. The molecule has 0 fully saturated rings. The van der Waals surface area contributed by atoms with E-state index in [1.165, 1.54) is 11.3 Å². The summed E-state index contributed by atoms with van der Waals surface area (Å²) in [6, 6.07) is 11.6. The van der Waals surface area contributed by atoms with Crippen LogP contribution in [0.1, 0.15) is 15.2 Å². The van der Waals surface area contributed by atoms with E-state index in [4.69, 9.17) is 5.73 Å². The molecule has 4 rings (SSSR count). The topological polar surface area (TPSA) is 68.9 Å². The van der Waals surface area contributed by atoms with Crippen LogP contribution in [-0.4, -0.2) is 15.8 Å². The zero-order valence-corrected chi connectivity index (χ0v) is 14.2. The maximum absolute atomic E-state index is 12.6. The number of nitrogen functional groups attached to an aromatic ring is 1. The summed E-state index contributed by atoms with van der Waals surface area (Å²) in [6.07, 6.45) is 3.69. The van der Waals surface area contributed by atoms with Crippen LogP contribution in [0.2, 0.25) is 0 Å². The monoisotopic (exact) mass is 351 g/mol. The molecule has 0 atom stereocenters. The number of carbonyl (C=O) groups is 1. The quantitative estimate of drug-likeness (QED) is 0.552. The Morgan fingerprint density at radius 3 is 2.71 bits per heavy atom. The van der Waals surface area contributed by atoms with Crippen molar-refractivity contribution >= 4 is 44.4 Å². The molecule has 0 aliphatic rings. The first kappa shape index (κ1) is 15.0. The zero-order chi connectivity index (χ0) is 16.5. The average molecular weight is 351 g/mol. The first-order chi connectivity index (χ1) is 11.7. The normalized spacial score (nSPS) is 11.0. The van der Waals surface area contributed by atoms with Gasteiger partial charge in [0.25, 0.3) is 0 Å². The van der Waals surface area contributed by atoms with Crippen molar-refractivity contribution in [1.29, 1.82) is 0 Å². The molecule has 0 aliphatic heterocycles. The second-order valence-electron chi connectivity index (χ2n) is 5.33. The molecule has 4 heterocycles. The fraction of sp³-hybridized carbons (Fsp3) is 0.0556. The van der Waals surface area contributed by atoms with E-state index in [2.05, 4.69) is 9.97 Å². The van der Waals surface area contributed by atoms with E-state index in [1.54, 1.807) is 23.7 Å². The molecule has 0 aliphatic carbocycles. The molecule has 0 saturated heterocycles. The first-order valence-electron chi connectivity index (χ1n) is 7.37. The Kier molecular flexibility index (Phi) is 3.84. The third-order valence-corrected chi connectivity index (χ3v) is 5.78. The van der Waals surface area contributed by atoms with Crippen molar-refractivity contribution in [3.05, 3.63) is 64.6 Å². The molecular formula is C18H13N3OS2. The van der Waals surface area contributed by atoms with Crippen LogP contribution in [0.25, 0.3) is 20.8 Å². The number of thiophene rings is 2. The van der Waals surface area contributed by atoms with Gasteiger partial charge in [-0.1, -0.05) is 6.07 Å². The minimum Gasteiger partial charge on any atom is -0.397 e. The highest BCUT2D eigenvalue weighted by Crippen LogP contribution is 2.35. The number of hydrogen-bond acceptors (Lipinski definition) is 6. The Balaban J connectivity index is 1.71. The van der Waals surface area contributed by atoms with Crippen molar-refractivity contribution in [2.75, 3.05) is 5.73 Å². The van der Waals surface area contributed by atoms with Crippen molar-refractivity contribution < 1.29 is 4.79 Å². The van der Waals surface area contributed by atoms with Gasteiger partial charge >= 0.3 is 0 Å². The van der Waals surface area contributed by atoms with E-state index in [0.29, 0.717) is 17.0 Å². The summed E-state index contributed by atoms with van der Waals surface area (Å²) >= 11 is 3.01. The maximum Gasteiger partial charge on any atom is 0.179 e. The SMILES string of the molecule is Nc1c(C(=O)Cc2ccncc2)sc2nc(-c3cccs3)ccc12. The lowest BCUT2D eigenvalue weighted by Crippen LogP contribution is -2.04. The first-order valence-corrected chi connectivity index (χ1v) is 9.07. The zero-order valence-electron chi connectivity index (χ0n) is 12.6. The van der Waals surface area contributed by atoms with Crippen LogP contribution in [0.3, 0.4) is 0 Å². The van der Waals surface area contributed by atoms with E-state index < -0.39 is 0 Å². The number of ketones is 1. The summed E-state index contributed by atoms with van der Waals surface area (Å²) in [5.74, 6) is 0.0133. The van der Waals surface area contributed by atoms with Crippen molar-refractivity contribution in [1.82, 2.24) is 9.97 Å². The highest BCUT2D eigenvalue weighted by atomic mass is 32.1. The third kappa shape index (κ3) is 2.70. The van der Waals surface area contributed by atoms with E-state index >= 15 is 0 Å². The molecule has 0 bridgehead atoms. The number of fused-ring (bicyclic) bond motifs is 1. The Labute approximate surface area is 146 Å². The smallest absolute Gasteiger partial charge is 0.179 e. The number of nitrogens with zero attached hydrogens (tertiary/aromatic N) is 2. The summed E-state index contributed by atoms with van der Waals surface area (Å²) < 4.78 is 0. The number of anilines is 1. The molecule has 0 saturated carbocycles. The van der Waals surface area contributed by atoms with Gasteiger partial charge in [0.15, 0.2) is 5.78 Å². The predicted octanol–water partition coefficient (Wildman–Crippen LogP) is 4.43.